The molecule has 8 nitrogen and oxygen atoms in total. The molecule has 34 heavy (non-hydrogen) atoms. The van der Waals surface area contributed by atoms with Gasteiger partial charge in [-0.2, -0.15) is 0 Å². The van der Waals surface area contributed by atoms with Crippen LogP contribution in [0.15, 0.2) is 48.5 Å². The van der Waals surface area contributed by atoms with Crippen LogP contribution in [0.3, 0.4) is 0 Å². The molecule has 2 aliphatic rings. The highest BCUT2D eigenvalue weighted by atomic mass is 16.5. The average Bonchev–Trinajstić information content (AvgIpc) is 2.82. The number of anilines is 2. The fraction of sp³-hybridized carbons (Fsp3) is 0.423. The Morgan fingerprint density at radius 2 is 1.82 bits per heavy atom. The predicted octanol–water partition coefficient (Wildman–Crippen LogP) is 3.69. The second kappa shape index (κ2) is 10.3. The summed E-state index contributed by atoms with van der Waals surface area (Å²) in [6.45, 7) is 3.89. The van der Waals surface area contributed by atoms with Gasteiger partial charge in [-0.05, 0) is 43.2 Å². The first-order chi connectivity index (χ1) is 16.3. The molecule has 8 heteroatoms. The minimum Gasteiger partial charge on any atom is -0.490 e. The van der Waals surface area contributed by atoms with Gasteiger partial charge in [0.25, 0.3) is 5.91 Å². The third-order valence-electron chi connectivity index (χ3n) is 6.27. The summed E-state index contributed by atoms with van der Waals surface area (Å²) in [7, 11) is 1.76. The molecule has 3 atom stereocenters. The maximum absolute atomic E-state index is 13.3. The summed E-state index contributed by atoms with van der Waals surface area (Å²) in [5, 5.41) is 5.73. The smallest absolute Gasteiger partial charge is 0.257 e. The van der Waals surface area contributed by atoms with Gasteiger partial charge in [0.15, 0.2) is 0 Å². The van der Waals surface area contributed by atoms with E-state index in [0.717, 1.165) is 5.69 Å². The molecule has 4 rings (SSSR count). The fourth-order valence-corrected chi connectivity index (χ4v) is 4.33. The number of amides is 3. The van der Waals surface area contributed by atoms with Gasteiger partial charge in [0.1, 0.15) is 18.5 Å². The van der Waals surface area contributed by atoms with Gasteiger partial charge < -0.3 is 25.0 Å². The first-order valence-corrected chi connectivity index (χ1v) is 11.7. The molecule has 180 valence electrons. The van der Waals surface area contributed by atoms with Crippen molar-refractivity contribution in [1.82, 2.24) is 4.90 Å². The summed E-state index contributed by atoms with van der Waals surface area (Å²) >= 11 is 0. The van der Waals surface area contributed by atoms with Gasteiger partial charge in [-0.3, -0.25) is 14.4 Å². The molecule has 0 bridgehead atoms. The molecule has 2 aromatic rings. The second-order valence-electron chi connectivity index (χ2n) is 9.14. The van der Waals surface area contributed by atoms with Gasteiger partial charge >= 0.3 is 0 Å². The number of hydrogen-bond acceptors (Lipinski definition) is 5. The Morgan fingerprint density at radius 1 is 1.06 bits per heavy atom. The van der Waals surface area contributed by atoms with Crippen LogP contribution in [0.5, 0.6) is 5.75 Å². The number of benzene rings is 2. The molecule has 0 aromatic heterocycles. The van der Waals surface area contributed by atoms with E-state index in [0.29, 0.717) is 29.8 Å². The van der Waals surface area contributed by atoms with E-state index in [4.69, 9.17) is 9.47 Å². The summed E-state index contributed by atoms with van der Waals surface area (Å²) in [4.78, 5) is 39.5. The van der Waals surface area contributed by atoms with Crippen molar-refractivity contribution in [2.45, 2.75) is 51.4 Å². The molecule has 2 N–H and O–H groups in total. The molecule has 3 amide bonds. The Kier molecular flexibility index (Phi) is 7.17. The Labute approximate surface area is 199 Å². The SMILES string of the molecule is CC(C)C(=O)Nc1ccc2c(c1)C(=O)N(C)[C@@H]1CC[C@H](CC(=O)Nc3ccccc3)O[C@@H]1CO2. The third kappa shape index (κ3) is 5.39. The molecule has 2 aliphatic heterocycles. The lowest BCUT2D eigenvalue weighted by molar-refractivity contribution is -0.130. The standard InChI is InChI=1S/C26H31N3O5/c1-16(2)25(31)28-18-9-12-22-20(13-18)26(32)29(3)21-11-10-19(34-23(21)15-33-22)14-24(30)27-17-7-5-4-6-8-17/h4-9,12-13,16,19,21,23H,10-11,14-15H2,1-3H3,(H,27,30)(H,28,31)/t19-,21-,23-/m1/s1. The number of nitrogens with zero attached hydrogens (tertiary/aromatic N) is 1. The Bertz CT molecular complexity index is 1060. The summed E-state index contributed by atoms with van der Waals surface area (Å²) in [5.74, 6) is -0.123. The molecule has 2 heterocycles. The predicted molar refractivity (Wildman–Crippen MR) is 129 cm³/mol. The van der Waals surface area contributed by atoms with Crippen molar-refractivity contribution in [2.75, 3.05) is 24.3 Å². The summed E-state index contributed by atoms with van der Waals surface area (Å²) in [6.07, 6.45) is 1.03. The van der Waals surface area contributed by atoms with Crippen molar-refractivity contribution in [3.05, 3.63) is 54.1 Å². The Balaban J connectivity index is 1.43. The fourth-order valence-electron chi connectivity index (χ4n) is 4.33. The van der Waals surface area contributed by atoms with Gasteiger partial charge in [-0.1, -0.05) is 32.0 Å². The van der Waals surface area contributed by atoms with Gasteiger partial charge in [-0.25, -0.2) is 0 Å². The highest BCUT2D eigenvalue weighted by molar-refractivity contribution is 6.00. The topological polar surface area (TPSA) is 97.0 Å². The maximum atomic E-state index is 13.3. The maximum Gasteiger partial charge on any atom is 0.257 e. The Hall–Kier alpha value is -3.39. The lowest BCUT2D eigenvalue weighted by atomic mass is 9.94. The first kappa shape index (κ1) is 23.8. The average molecular weight is 466 g/mol. The van der Waals surface area contributed by atoms with Crippen LogP contribution in [0.2, 0.25) is 0 Å². The van der Waals surface area contributed by atoms with E-state index in [2.05, 4.69) is 10.6 Å². The van der Waals surface area contributed by atoms with Crippen LogP contribution in [0.25, 0.3) is 0 Å². The summed E-state index contributed by atoms with van der Waals surface area (Å²) < 4.78 is 12.2. The van der Waals surface area contributed by atoms with Crippen LogP contribution in [0.4, 0.5) is 11.4 Å². The molecule has 0 unspecified atom stereocenters. The van der Waals surface area contributed by atoms with E-state index >= 15 is 0 Å². The van der Waals surface area contributed by atoms with Crippen molar-refractivity contribution in [1.29, 1.82) is 0 Å². The van der Waals surface area contributed by atoms with Gasteiger partial charge in [-0.15, -0.1) is 0 Å². The third-order valence-corrected chi connectivity index (χ3v) is 6.27. The van der Waals surface area contributed by atoms with E-state index in [1.165, 1.54) is 0 Å². The van der Waals surface area contributed by atoms with Crippen molar-refractivity contribution >= 4 is 29.1 Å². The van der Waals surface area contributed by atoms with Crippen LogP contribution >= 0.6 is 0 Å². The molecule has 2 aromatic carbocycles. The molecule has 0 spiro atoms. The van der Waals surface area contributed by atoms with Crippen molar-refractivity contribution < 1.29 is 23.9 Å². The van der Waals surface area contributed by atoms with Gasteiger partial charge in [0.2, 0.25) is 11.8 Å². The molecule has 1 saturated heterocycles. The van der Waals surface area contributed by atoms with Crippen LogP contribution in [-0.2, 0) is 14.3 Å². The van der Waals surface area contributed by atoms with Crippen molar-refractivity contribution in [3.63, 3.8) is 0 Å². The number of ether oxygens (including phenoxy) is 2. The van der Waals surface area contributed by atoms with E-state index in [-0.39, 0.29) is 54.9 Å². The summed E-state index contributed by atoms with van der Waals surface area (Å²) in [6, 6.07) is 14.2. The number of para-hydroxylation sites is 1. The van der Waals surface area contributed by atoms with Crippen molar-refractivity contribution in [2.24, 2.45) is 5.92 Å². The Morgan fingerprint density at radius 3 is 2.56 bits per heavy atom. The normalized spacial score (nSPS) is 22.1. The van der Waals surface area contributed by atoms with Gasteiger partial charge in [0, 0.05) is 24.3 Å². The number of carbonyl (C=O) groups is 3. The van der Waals surface area contributed by atoms with E-state index in [9.17, 15) is 14.4 Å². The second-order valence-corrected chi connectivity index (χ2v) is 9.14. The van der Waals surface area contributed by atoms with Crippen LogP contribution in [0, 0.1) is 5.92 Å². The first-order valence-electron chi connectivity index (χ1n) is 11.7. The minimum absolute atomic E-state index is 0.104. The number of hydrogen-bond donors (Lipinski definition) is 2. The van der Waals surface area contributed by atoms with Crippen molar-refractivity contribution in [3.8, 4) is 5.75 Å². The summed E-state index contributed by atoms with van der Waals surface area (Å²) in [5.41, 5.74) is 1.72. The highest BCUT2D eigenvalue weighted by Crippen LogP contribution is 2.32. The van der Waals surface area contributed by atoms with E-state index in [1.807, 2.05) is 44.2 Å². The lowest BCUT2D eigenvalue weighted by Crippen LogP contribution is -2.53. The zero-order valence-corrected chi connectivity index (χ0v) is 19.7. The molecule has 0 saturated carbocycles. The minimum atomic E-state index is -0.342. The number of rotatable bonds is 5. The molecule has 0 aliphatic carbocycles. The number of nitrogens with one attached hydrogen (secondary N) is 2. The number of carbonyl (C=O) groups excluding carboxylic acids is 3. The molecular formula is C26H31N3O5. The van der Waals surface area contributed by atoms with Crippen LogP contribution in [-0.4, -0.2) is 54.5 Å². The number of likely N-dealkylation sites (N-methyl/N-ethyl adjacent to an activating group) is 1. The van der Waals surface area contributed by atoms with Crippen LogP contribution < -0.4 is 15.4 Å². The number of fused-ring (bicyclic) bond motifs is 2. The van der Waals surface area contributed by atoms with Crippen LogP contribution in [0.1, 0.15) is 43.5 Å². The monoisotopic (exact) mass is 465 g/mol. The zero-order chi connectivity index (χ0) is 24.2. The molecule has 0 radical (unpaired) electrons. The quantitative estimate of drug-likeness (QED) is 0.702. The molecule has 1 fully saturated rings. The van der Waals surface area contributed by atoms with E-state index < -0.39 is 0 Å². The zero-order valence-electron chi connectivity index (χ0n) is 19.7. The largest absolute Gasteiger partial charge is 0.490 e. The van der Waals surface area contributed by atoms with E-state index in [1.54, 1.807) is 30.1 Å². The lowest BCUT2D eigenvalue weighted by Gasteiger charge is -2.42. The highest BCUT2D eigenvalue weighted by Gasteiger charge is 2.39. The molecular weight excluding hydrogens is 434 g/mol. The van der Waals surface area contributed by atoms with Gasteiger partial charge in [0.05, 0.1) is 24.1 Å².